The van der Waals surface area contributed by atoms with Crippen molar-refractivity contribution < 1.29 is 4.79 Å². The summed E-state index contributed by atoms with van der Waals surface area (Å²) in [7, 11) is 1.87. The first-order chi connectivity index (χ1) is 11.2. The van der Waals surface area contributed by atoms with E-state index < -0.39 is 0 Å². The third-order valence-corrected chi connectivity index (χ3v) is 4.26. The van der Waals surface area contributed by atoms with Gasteiger partial charge in [-0.05, 0) is 12.3 Å². The Hall–Kier alpha value is -2.18. The molecule has 1 aliphatic heterocycles. The van der Waals surface area contributed by atoms with E-state index in [1.807, 2.05) is 53.0 Å². The Balaban J connectivity index is 1.58. The van der Waals surface area contributed by atoms with E-state index in [-0.39, 0.29) is 5.91 Å². The molecular formula is C17H23N5O. The van der Waals surface area contributed by atoms with Crippen molar-refractivity contribution in [2.75, 3.05) is 26.7 Å². The zero-order valence-electron chi connectivity index (χ0n) is 13.4. The van der Waals surface area contributed by atoms with Crippen LogP contribution in [0.25, 0.3) is 11.4 Å². The number of hydrogen-bond donors (Lipinski definition) is 2. The summed E-state index contributed by atoms with van der Waals surface area (Å²) in [6.07, 6.45) is 4.61. The lowest BCUT2D eigenvalue weighted by Gasteiger charge is -2.19. The van der Waals surface area contributed by atoms with Crippen LogP contribution in [0.5, 0.6) is 0 Å². The lowest BCUT2D eigenvalue weighted by atomic mass is 10.1. The van der Waals surface area contributed by atoms with Crippen molar-refractivity contribution in [3.8, 4) is 11.4 Å². The zero-order chi connectivity index (χ0) is 16.1. The molecule has 2 N–H and O–H groups in total. The molecule has 0 bridgehead atoms. The summed E-state index contributed by atoms with van der Waals surface area (Å²) in [5.74, 6) is 1.54. The van der Waals surface area contributed by atoms with Gasteiger partial charge in [-0.25, -0.2) is 4.98 Å². The summed E-state index contributed by atoms with van der Waals surface area (Å²) in [6, 6.07) is 9.95. The molecule has 6 nitrogen and oxygen atoms in total. The zero-order valence-corrected chi connectivity index (χ0v) is 13.4. The maximum Gasteiger partial charge on any atom is 0.242 e. The van der Waals surface area contributed by atoms with Gasteiger partial charge in [0.05, 0.1) is 0 Å². The molecule has 6 heteroatoms. The predicted molar refractivity (Wildman–Crippen MR) is 89.4 cm³/mol. The van der Waals surface area contributed by atoms with Crippen LogP contribution in [0.1, 0.15) is 6.42 Å². The molecule has 1 aliphatic rings. The number of amides is 1. The molecule has 1 saturated heterocycles. The molecule has 0 aliphatic carbocycles. The van der Waals surface area contributed by atoms with Crippen LogP contribution in [-0.4, -0.2) is 47.0 Å². The largest absolute Gasteiger partial charge is 0.344 e. The fourth-order valence-electron chi connectivity index (χ4n) is 2.76. The van der Waals surface area contributed by atoms with Gasteiger partial charge in [0, 0.05) is 44.6 Å². The highest BCUT2D eigenvalue weighted by Crippen LogP contribution is 2.16. The van der Waals surface area contributed by atoms with Crippen LogP contribution in [-0.2, 0) is 11.3 Å². The van der Waals surface area contributed by atoms with E-state index in [9.17, 15) is 4.79 Å². The predicted octanol–water partition coefficient (Wildman–Crippen LogP) is 1.12. The summed E-state index contributed by atoms with van der Waals surface area (Å²) in [5.41, 5.74) is 7.27. The molecule has 1 aromatic heterocycles. The van der Waals surface area contributed by atoms with Gasteiger partial charge >= 0.3 is 0 Å². The Kier molecular flexibility index (Phi) is 5.05. The van der Waals surface area contributed by atoms with Crippen molar-refractivity contribution in [1.29, 1.82) is 0 Å². The molecule has 0 unspecified atom stereocenters. The van der Waals surface area contributed by atoms with Crippen molar-refractivity contribution in [2.24, 2.45) is 5.92 Å². The van der Waals surface area contributed by atoms with E-state index in [0.717, 1.165) is 37.4 Å². The molecule has 0 saturated carbocycles. The van der Waals surface area contributed by atoms with E-state index in [0.29, 0.717) is 12.5 Å². The van der Waals surface area contributed by atoms with Crippen LogP contribution in [0.3, 0.4) is 0 Å². The number of benzene rings is 1. The second-order valence-corrected chi connectivity index (χ2v) is 5.98. The van der Waals surface area contributed by atoms with Crippen LogP contribution in [0, 0.1) is 5.92 Å². The maximum absolute atomic E-state index is 12.4. The topological polar surface area (TPSA) is 62.2 Å². The maximum atomic E-state index is 12.4. The highest BCUT2D eigenvalue weighted by atomic mass is 16.2. The molecule has 122 valence electrons. The molecule has 2 aromatic rings. The number of likely N-dealkylation sites (N-methyl/N-ethyl adjacent to an activating group) is 1. The summed E-state index contributed by atoms with van der Waals surface area (Å²) in [5, 5.41) is 0. The first-order valence-electron chi connectivity index (χ1n) is 8.00. The monoisotopic (exact) mass is 313 g/mol. The van der Waals surface area contributed by atoms with E-state index in [4.69, 9.17) is 0 Å². The Morgan fingerprint density at radius 2 is 2.04 bits per heavy atom. The Morgan fingerprint density at radius 1 is 1.30 bits per heavy atom. The Morgan fingerprint density at radius 3 is 2.78 bits per heavy atom. The second kappa shape index (κ2) is 7.39. The molecule has 0 atom stereocenters. The molecule has 1 aromatic carbocycles. The van der Waals surface area contributed by atoms with Gasteiger partial charge in [0.2, 0.25) is 5.91 Å². The molecule has 0 radical (unpaired) electrons. The number of carbonyl (C=O) groups excluding carboxylic acids is 1. The summed E-state index contributed by atoms with van der Waals surface area (Å²) >= 11 is 0. The normalized spacial score (nSPS) is 15.0. The summed E-state index contributed by atoms with van der Waals surface area (Å²) in [6.45, 7) is 3.05. The summed E-state index contributed by atoms with van der Waals surface area (Å²) < 4.78 is 1.91. The van der Waals surface area contributed by atoms with Gasteiger partial charge in [-0.15, -0.1) is 0 Å². The minimum Gasteiger partial charge on any atom is -0.344 e. The molecule has 1 fully saturated rings. The molecule has 1 amide bonds. The average molecular weight is 313 g/mol. The van der Waals surface area contributed by atoms with E-state index >= 15 is 0 Å². The molecule has 3 rings (SSSR count). The van der Waals surface area contributed by atoms with Gasteiger partial charge in [-0.2, -0.15) is 0 Å². The van der Waals surface area contributed by atoms with Crippen molar-refractivity contribution in [3.05, 3.63) is 42.7 Å². The van der Waals surface area contributed by atoms with Crippen molar-refractivity contribution >= 4 is 5.91 Å². The highest BCUT2D eigenvalue weighted by Gasteiger charge is 2.17. The molecule has 2 heterocycles. The lowest BCUT2D eigenvalue weighted by Crippen LogP contribution is -2.32. The van der Waals surface area contributed by atoms with E-state index in [2.05, 4.69) is 15.8 Å². The van der Waals surface area contributed by atoms with Gasteiger partial charge in [0.1, 0.15) is 12.4 Å². The SMILES string of the molecule is CN(CCC1CNNC1)C(=O)Cn1ccnc1-c1ccccc1. The fraction of sp³-hybridized carbons (Fsp3) is 0.412. The van der Waals surface area contributed by atoms with Gasteiger partial charge in [-0.1, -0.05) is 30.3 Å². The second-order valence-electron chi connectivity index (χ2n) is 5.98. The van der Waals surface area contributed by atoms with Crippen molar-refractivity contribution in [3.63, 3.8) is 0 Å². The number of carbonyl (C=O) groups is 1. The number of aromatic nitrogens is 2. The molecule has 0 spiro atoms. The number of hydrogen-bond acceptors (Lipinski definition) is 4. The molecular weight excluding hydrogens is 290 g/mol. The van der Waals surface area contributed by atoms with Gasteiger partial charge in [0.25, 0.3) is 0 Å². The average Bonchev–Trinajstić information content (AvgIpc) is 3.25. The third kappa shape index (κ3) is 3.97. The fourth-order valence-corrected chi connectivity index (χ4v) is 2.76. The number of hydrazine groups is 1. The molecule has 23 heavy (non-hydrogen) atoms. The van der Waals surface area contributed by atoms with Crippen LogP contribution in [0.15, 0.2) is 42.7 Å². The van der Waals surface area contributed by atoms with Crippen molar-refractivity contribution in [1.82, 2.24) is 25.3 Å². The number of rotatable bonds is 6. The smallest absolute Gasteiger partial charge is 0.242 e. The quantitative estimate of drug-likeness (QED) is 0.839. The third-order valence-electron chi connectivity index (χ3n) is 4.26. The minimum atomic E-state index is 0.110. The van der Waals surface area contributed by atoms with Gasteiger partial charge < -0.3 is 9.47 Å². The Labute approximate surface area is 136 Å². The number of nitrogens with zero attached hydrogens (tertiary/aromatic N) is 3. The van der Waals surface area contributed by atoms with Crippen molar-refractivity contribution in [2.45, 2.75) is 13.0 Å². The first kappa shape index (κ1) is 15.7. The standard InChI is InChI=1S/C17H23N5O/c1-21(9-7-14-11-19-20-12-14)16(23)13-22-10-8-18-17(22)15-5-3-2-4-6-15/h2-6,8,10,14,19-20H,7,9,11-13H2,1H3. The van der Waals surface area contributed by atoms with Crippen LogP contribution in [0.4, 0.5) is 0 Å². The van der Waals surface area contributed by atoms with Crippen LogP contribution >= 0.6 is 0 Å². The first-order valence-corrected chi connectivity index (χ1v) is 8.00. The van der Waals surface area contributed by atoms with E-state index in [1.54, 1.807) is 6.20 Å². The highest BCUT2D eigenvalue weighted by molar-refractivity contribution is 5.76. The van der Waals surface area contributed by atoms with Gasteiger partial charge in [0.15, 0.2) is 0 Å². The summed E-state index contributed by atoms with van der Waals surface area (Å²) in [4.78, 5) is 18.6. The number of imidazole rings is 1. The van der Waals surface area contributed by atoms with Crippen LogP contribution < -0.4 is 10.9 Å². The van der Waals surface area contributed by atoms with E-state index in [1.165, 1.54) is 0 Å². The number of nitrogens with one attached hydrogen (secondary N) is 2. The van der Waals surface area contributed by atoms with Gasteiger partial charge in [-0.3, -0.25) is 15.6 Å². The minimum absolute atomic E-state index is 0.110. The Bertz CT molecular complexity index is 633. The lowest BCUT2D eigenvalue weighted by molar-refractivity contribution is -0.130. The van der Waals surface area contributed by atoms with Crippen LogP contribution in [0.2, 0.25) is 0 Å².